The highest BCUT2D eigenvalue weighted by Crippen LogP contribution is 2.60. The van der Waals surface area contributed by atoms with Crippen molar-refractivity contribution in [3.8, 4) is 0 Å². The van der Waals surface area contributed by atoms with Crippen LogP contribution in [0.4, 0.5) is 0 Å². The van der Waals surface area contributed by atoms with E-state index in [4.69, 9.17) is 0 Å². The number of unbranched alkanes of at least 4 members (excludes halogenated alkanes) is 6. The minimum Gasteiger partial charge on any atom is -0.369 e. The van der Waals surface area contributed by atoms with Gasteiger partial charge in [0, 0.05) is 29.4 Å². The molecule has 0 saturated carbocycles. The smallest absolute Gasteiger partial charge is 0.265 e. The second kappa shape index (κ2) is 20.4. The molecule has 10 rings (SSSR count). The van der Waals surface area contributed by atoms with Crippen LogP contribution < -0.4 is 42.4 Å². The molecule has 1 unspecified atom stereocenters. The van der Waals surface area contributed by atoms with Crippen molar-refractivity contribution in [1.82, 2.24) is 9.80 Å². The van der Waals surface area contributed by atoms with E-state index in [1.165, 1.54) is 4.90 Å². The van der Waals surface area contributed by atoms with Gasteiger partial charge in [0.25, 0.3) is 17.7 Å². The highest BCUT2D eigenvalue weighted by atomic mass is 31.2. The van der Waals surface area contributed by atoms with Crippen molar-refractivity contribution in [3.05, 3.63) is 216 Å². The summed E-state index contributed by atoms with van der Waals surface area (Å²) in [5.74, 6) is -1.02. The topological polar surface area (TPSA) is 77.9 Å². The van der Waals surface area contributed by atoms with E-state index in [1.54, 1.807) is 4.90 Å². The van der Waals surface area contributed by atoms with Crippen LogP contribution in [-0.4, -0.2) is 45.7 Å². The average molecular weight is 959 g/mol. The molecule has 1 N–H and O–H groups in total. The average Bonchev–Trinajstić information content (AvgIpc) is 3.41. The zero-order valence-electron chi connectivity index (χ0n) is 40.1. The molecule has 6 nitrogen and oxygen atoms in total. The number of aliphatic hydroxyl groups excluding tert-OH is 1. The number of imide groups is 1. The van der Waals surface area contributed by atoms with Gasteiger partial charge in [-0.15, -0.1) is 0 Å². The largest absolute Gasteiger partial charge is 0.369 e. The Labute approximate surface area is 413 Å². The van der Waals surface area contributed by atoms with Gasteiger partial charge in [-0.3, -0.25) is 19.3 Å². The highest BCUT2D eigenvalue weighted by molar-refractivity contribution is 8.02. The van der Waals surface area contributed by atoms with Crippen LogP contribution in [0, 0.1) is 0 Å². The fourth-order valence-electron chi connectivity index (χ4n) is 11.2. The molecule has 0 saturated heterocycles. The van der Waals surface area contributed by atoms with Gasteiger partial charge in [-0.2, -0.15) is 0 Å². The van der Waals surface area contributed by atoms with Crippen molar-refractivity contribution in [1.29, 1.82) is 0 Å². The third-order valence-electron chi connectivity index (χ3n) is 14.4. The summed E-state index contributed by atoms with van der Waals surface area (Å²) in [6, 6.07) is 66.7. The number of benzene rings is 8. The Morgan fingerprint density at radius 3 is 1.16 bits per heavy atom. The molecule has 70 heavy (non-hydrogen) atoms. The van der Waals surface area contributed by atoms with Crippen LogP contribution in [0.15, 0.2) is 194 Å². The summed E-state index contributed by atoms with van der Waals surface area (Å²) in [6.07, 6.45) is 5.84. The van der Waals surface area contributed by atoms with Gasteiger partial charge in [0.1, 0.15) is 57.0 Å². The van der Waals surface area contributed by atoms with Gasteiger partial charge >= 0.3 is 0 Å². The van der Waals surface area contributed by atoms with Gasteiger partial charge < -0.3 is 10.0 Å². The molecule has 0 aliphatic carbocycles. The molecule has 0 spiro atoms. The summed E-state index contributed by atoms with van der Waals surface area (Å²) >= 11 is 0. The van der Waals surface area contributed by atoms with Gasteiger partial charge in [-0.05, 0) is 97.8 Å². The molecule has 8 aromatic rings. The van der Waals surface area contributed by atoms with Crippen LogP contribution in [0.25, 0.3) is 10.8 Å². The SMILES string of the molecule is CCCCCCN1C(=O)c2cc([P+](c3ccccc3)(c3ccccc3)c3ccccc3)c3c4c(cc([P+](c5ccccc5)(c5ccccc5)c5ccccc5)c(c24)C1=O)C(O)N(CCCCCC)C3=O. The Morgan fingerprint density at radius 1 is 0.414 bits per heavy atom. The van der Waals surface area contributed by atoms with E-state index in [9.17, 15) is 5.11 Å². The fourth-order valence-corrected chi connectivity index (χ4v) is 20.2. The Bertz CT molecular complexity index is 2960. The Morgan fingerprint density at radius 2 is 0.771 bits per heavy atom. The molecule has 0 radical (unpaired) electrons. The van der Waals surface area contributed by atoms with Gasteiger partial charge in [0.2, 0.25) is 0 Å². The van der Waals surface area contributed by atoms with E-state index in [1.807, 2.05) is 42.5 Å². The van der Waals surface area contributed by atoms with Crippen molar-refractivity contribution in [2.45, 2.75) is 71.4 Å². The number of hydrogen-bond acceptors (Lipinski definition) is 4. The Kier molecular flexibility index (Phi) is 13.8. The van der Waals surface area contributed by atoms with E-state index in [0.717, 1.165) is 81.0 Å². The van der Waals surface area contributed by atoms with Gasteiger partial charge in [0.05, 0.1) is 16.7 Å². The van der Waals surface area contributed by atoms with E-state index in [-0.39, 0.29) is 24.3 Å². The number of hydrogen-bond donors (Lipinski definition) is 1. The molecular weight excluding hydrogens is 899 g/mol. The van der Waals surface area contributed by atoms with Crippen molar-refractivity contribution in [2.24, 2.45) is 0 Å². The zero-order valence-corrected chi connectivity index (χ0v) is 41.9. The van der Waals surface area contributed by atoms with E-state index in [0.29, 0.717) is 52.4 Å². The standard InChI is InChI=1S/C62H60N2O4P2/c1-3-5-7-27-41-63-59(65)51-43-54(70(48-35-21-12-22-36-48,49-37-23-13-24-38-49)50-39-25-14-26-40-50)58-56-52(60(66)64(62(58)68)42-28-8-6-4-2)44-53(57(55(51)56)61(63)67)69(45-29-15-9-16-30-45,46-31-17-10-18-32-46)47-33-19-11-20-34-47/h9-26,29-40,43-44,59,65H,3-8,27-28,41-42H2,1-2H3/q+2. The molecule has 0 aromatic heterocycles. The maximum absolute atomic E-state index is 16.2. The predicted octanol–water partition coefficient (Wildman–Crippen LogP) is 10.3. The minimum atomic E-state index is -3.06. The van der Waals surface area contributed by atoms with Crippen LogP contribution in [0.1, 0.15) is 108 Å². The lowest BCUT2D eigenvalue weighted by Gasteiger charge is -2.40. The minimum absolute atomic E-state index is 0.258. The molecule has 0 bridgehead atoms. The highest BCUT2D eigenvalue weighted by Gasteiger charge is 2.57. The molecule has 1 atom stereocenters. The molecule has 8 aromatic carbocycles. The Hall–Kier alpha value is -6.55. The van der Waals surface area contributed by atoms with Crippen molar-refractivity contribution in [2.75, 3.05) is 13.1 Å². The molecule has 0 fully saturated rings. The molecule has 2 aliphatic heterocycles. The van der Waals surface area contributed by atoms with Crippen LogP contribution >= 0.6 is 14.5 Å². The normalized spacial score (nSPS) is 14.7. The second-order valence-corrected chi connectivity index (χ2v) is 25.3. The van der Waals surface area contributed by atoms with Crippen molar-refractivity contribution < 1.29 is 19.5 Å². The number of rotatable bonds is 18. The number of carbonyl (C=O) groups excluding carboxylic acids is 3. The van der Waals surface area contributed by atoms with Gasteiger partial charge in [0.15, 0.2) is 6.23 Å². The number of amides is 3. The monoisotopic (exact) mass is 958 g/mol. The lowest BCUT2D eigenvalue weighted by molar-refractivity contribution is 0.00428. The number of nitrogens with zero attached hydrogens (tertiary/aromatic N) is 2. The molecular formula is C62H60N2O4P2+2. The van der Waals surface area contributed by atoms with E-state index >= 15 is 14.4 Å². The summed E-state index contributed by atoms with van der Waals surface area (Å²) in [5, 5.41) is 21.8. The number of aliphatic hydroxyl groups is 1. The Balaban J connectivity index is 1.43. The zero-order chi connectivity index (χ0) is 48.2. The second-order valence-electron chi connectivity index (χ2n) is 18.5. The summed E-state index contributed by atoms with van der Waals surface area (Å²) in [5.41, 5.74) is 1.81. The molecule has 350 valence electrons. The summed E-state index contributed by atoms with van der Waals surface area (Å²) in [7, 11) is -6.11. The summed E-state index contributed by atoms with van der Waals surface area (Å²) in [4.78, 5) is 51.3. The molecule has 2 heterocycles. The van der Waals surface area contributed by atoms with Gasteiger partial charge in [-0.1, -0.05) is 162 Å². The third kappa shape index (κ3) is 7.82. The van der Waals surface area contributed by atoms with Gasteiger partial charge in [-0.25, -0.2) is 0 Å². The van der Waals surface area contributed by atoms with Crippen LogP contribution in [0.2, 0.25) is 0 Å². The van der Waals surface area contributed by atoms with Crippen molar-refractivity contribution >= 4 is 85.5 Å². The summed E-state index contributed by atoms with van der Waals surface area (Å²) < 4.78 is 0. The fraction of sp³-hybridized carbons (Fsp3) is 0.210. The van der Waals surface area contributed by atoms with Crippen LogP contribution in [0.3, 0.4) is 0 Å². The maximum Gasteiger partial charge on any atom is 0.265 e. The lowest BCUT2D eigenvalue weighted by atomic mass is 9.85. The lowest BCUT2D eigenvalue weighted by Crippen LogP contribution is -2.50. The first-order chi connectivity index (χ1) is 34.4. The summed E-state index contributed by atoms with van der Waals surface area (Å²) in [6.45, 7) is 4.92. The predicted molar refractivity (Wildman–Crippen MR) is 293 cm³/mol. The molecule has 3 amide bonds. The first-order valence-corrected chi connectivity index (χ1v) is 28.6. The van der Waals surface area contributed by atoms with Crippen LogP contribution in [0.5, 0.6) is 0 Å². The molecule has 2 aliphatic rings. The van der Waals surface area contributed by atoms with Crippen molar-refractivity contribution in [3.63, 3.8) is 0 Å². The van der Waals surface area contributed by atoms with E-state index in [2.05, 4.69) is 166 Å². The number of carbonyl (C=O) groups is 3. The third-order valence-corrected chi connectivity index (χ3v) is 23.0. The first-order valence-electron chi connectivity index (χ1n) is 25.0. The van der Waals surface area contributed by atoms with E-state index < -0.39 is 20.8 Å². The van der Waals surface area contributed by atoms with Crippen LogP contribution in [-0.2, 0) is 0 Å². The first kappa shape index (κ1) is 47.1. The molecule has 8 heteroatoms. The quantitative estimate of drug-likeness (QED) is 0.0528. The maximum atomic E-state index is 16.2.